The maximum absolute atomic E-state index is 12.6. The van der Waals surface area contributed by atoms with Crippen LogP contribution in [0, 0.1) is 6.92 Å². The molecule has 0 aliphatic carbocycles. The number of carbonyl (C=O) groups is 2. The molecule has 2 heterocycles. The summed E-state index contributed by atoms with van der Waals surface area (Å²) in [6, 6.07) is 6.85. The summed E-state index contributed by atoms with van der Waals surface area (Å²) in [7, 11) is 1.48. The number of hydrogen-bond acceptors (Lipinski definition) is 6. The lowest BCUT2D eigenvalue weighted by atomic mass is 9.97. The molecule has 1 aromatic heterocycles. The van der Waals surface area contributed by atoms with E-state index in [2.05, 4.69) is 20.8 Å². The highest BCUT2D eigenvalue weighted by Crippen LogP contribution is 2.27. The number of amides is 3. The molecule has 1 atom stereocenters. The molecule has 1 aromatic carbocycles. The second-order valence-corrected chi connectivity index (χ2v) is 6.82. The lowest BCUT2D eigenvalue weighted by Gasteiger charge is -2.30. The van der Waals surface area contributed by atoms with E-state index in [0.29, 0.717) is 36.2 Å². The van der Waals surface area contributed by atoms with E-state index < -0.39 is 6.10 Å². The van der Waals surface area contributed by atoms with E-state index in [1.807, 2.05) is 0 Å². The van der Waals surface area contributed by atoms with Crippen LogP contribution in [0.3, 0.4) is 0 Å². The molecule has 3 rings (SSSR count). The highest BCUT2D eigenvalue weighted by Gasteiger charge is 2.27. The quantitative estimate of drug-likeness (QED) is 0.816. The number of ether oxygens (including phenoxy) is 1. The molecule has 1 aliphatic rings. The van der Waals surface area contributed by atoms with E-state index >= 15 is 0 Å². The first-order chi connectivity index (χ1) is 13.5. The number of hydrogen-bond donors (Lipinski definition) is 2. The van der Waals surface area contributed by atoms with Crippen molar-refractivity contribution in [3.05, 3.63) is 36.0 Å². The van der Waals surface area contributed by atoms with Gasteiger partial charge in [-0.2, -0.15) is 4.98 Å². The van der Waals surface area contributed by atoms with Crippen molar-refractivity contribution in [3.63, 3.8) is 0 Å². The number of methoxy groups -OCH3 is 1. The molecule has 0 spiro atoms. The zero-order valence-corrected chi connectivity index (χ0v) is 16.3. The first-order valence-electron chi connectivity index (χ1n) is 9.26. The molecule has 0 saturated carbocycles. The Hall–Kier alpha value is -2.94. The molecular formula is C19H25N5O4. The second-order valence-electron chi connectivity index (χ2n) is 6.82. The molecule has 1 aliphatic heterocycles. The Morgan fingerprint density at radius 1 is 1.25 bits per heavy atom. The van der Waals surface area contributed by atoms with Gasteiger partial charge in [-0.15, -0.1) is 0 Å². The number of likely N-dealkylation sites (tertiary alicyclic amines) is 1. The van der Waals surface area contributed by atoms with Crippen LogP contribution in [0.5, 0.6) is 0 Å². The van der Waals surface area contributed by atoms with E-state index in [0.717, 1.165) is 12.8 Å². The Labute approximate surface area is 163 Å². The summed E-state index contributed by atoms with van der Waals surface area (Å²) in [5.41, 5.74) is 1.21. The zero-order valence-electron chi connectivity index (χ0n) is 16.3. The molecule has 9 heteroatoms. The lowest BCUT2D eigenvalue weighted by Crippen LogP contribution is -2.40. The van der Waals surface area contributed by atoms with Crippen LogP contribution in [0.15, 0.2) is 28.8 Å². The van der Waals surface area contributed by atoms with E-state index in [1.165, 1.54) is 7.11 Å². The number of nitrogens with one attached hydrogen (secondary N) is 2. The number of piperidine rings is 1. The van der Waals surface area contributed by atoms with E-state index in [4.69, 9.17) is 9.26 Å². The van der Waals surface area contributed by atoms with Gasteiger partial charge in [0.2, 0.25) is 5.89 Å². The van der Waals surface area contributed by atoms with Gasteiger partial charge in [-0.1, -0.05) is 11.2 Å². The summed E-state index contributed by atoms with van der Waals surface area (Å²) in [4.78, 5) is 30.5. The summed E-state index contributed by atoms with van der Waals surface area (Å²) in [6.45, 7) is 4.68. The van der Waals surface area contributed by atoms with Crippen molar-refractivity contribution in [2.45, 2.75) is 38.7 Å². The number of aryl methyl sites for hydroxylation is 1. The summed E-state index contributed by atoms with van der Waals surface area (Å²) in [6.07, 6.45) is 1.00. The first-order valence-corrected chi connectivity index (χ1v) is 9.26. The summed E-state index contributed by atoms with van der Waals surface area (Å²) < 4.78 is 10.2. The standard InChI is InChI=1S/C19H25N5O4/c1-12(27-3)17(25)21-15-5-4-6-16(11-15)22-19(26)24-9-7-14(8-10-24)18-20-13(2)23-28-18/h4-6,11-12,14H,7-10H2,1-3H3,(H,21,25)(H,22,26). The van der Waals surface area contributed by atoms with Gasteiger partial charge in [0, 0.05) is 37.5 Å². The van der Waals surface area contributed by atoms with Gasteiger partial charge in [0.1, 0.15) is 6.10 Å². The van der Waals surface area contributed by atoms with Gasteiger partial charge in [-0.05, 0) is 44.9 Å². The van der Waals surface area contributed by atoms with Crippen molar-refractivity contribution in [1.82, 2.24) is 15.0 Å². The van der Waals surface area contributed by atoms with Crippen molar-refractivity contribution in [1.29, 1.82) is 0 Å². The van der Waals surface area contributed by atoms with Crippen molar-refractivity contribution in [2.24, 2.45) is 0 Å². The Bertz CT molecular complexity index is 829. The fourth-order valence-corrected chi connectivity index (χ4v) is 3.04. The van der Waals surface area contributed by atoms with Crippen LogP contribution < -0.4 is 10.6 Å². The van der Waals surface area contributed by atoms with Gasteiger partial charge in [0.15, 0.2) is 5.82 Å². The Balaban J connectivity index is 1.54. The zero-order chi connectivity index (χ0) is 20.1. The number of aromatic nitrogens is 2. The molecule has 3 amide bonds. The third-order valence-corrected chi connectivity index (χ3v) is 4.78. The maximum atomic E-state index is 12.6. The number of urea groups is 1. The molecule has 28 heavy (non-hydrogen) atoms. The molecule has 2 aromatic rings. The largest absolute Gasteiger partial charge is 0.372 e. The van der Waals surface area contributed by atoms with Crippen LogP contribution in [0.25, 0.3) is 0 Å². The Morgan fingerprint density at radius 2 is 1.93 bits per heavy atom. The average molecular weight is 387 g/mol. The van der Waals surface area contributed by atoms with Crippen molar-refractivity contribution in [3.8, 4) is 0 Å². The third kappa shape index (κ3) is 4.86. The van der Waals surface area contributed by atoms with Crippen LogP contribution in [0.4, 0.5) is 16.2 Å². The molecule has 1 unspecified atom stereocenters. The Kier molecular flexibility index (Phi) is 6.25. The molecule has 1 fully saturated rings. The molecule has 0 radical (unpaired) electrons. The summed E-state index contributed by atoms with van der Waals surface area (Å²) >= 11 is 0. The summed E-state index contributed by atoms with van der Waals surface area (Å²) in [5.74, 6) is 1.21. The van der Waals surface area contributed by atoms with Crippen molar-refractivity contribution in [2.75, 3.05) is 30.8 Å². The van der Waals surface area contributed by atoms with E-state index in [9.17, 15) is 9.59 Å². The van der Waals surface area contributed by atoms with Gasteiger partial charge in [-0.25, -0.2) is 4.79 Å². The van der Waals surface area contributed by atoms with E-state index in [1.54, 1.807) is 43.0 Å². The molecule has 2 N–H and O–H groups in total. The van der Waals surface area contributed by atoms with E-state index in [-0.39, 0.29) is 17.9 Å². The highest BCUT2D eigenvalue weighted by molar-refractivity contribution is 5.95. The lowest BCUT2D eigenvalue weighted by molar-refractivity contribution is -0.124. The third-order valence-electron chi connectivity index (χ3n) is 4.78. The fraction of sp³-hybridized carbons (Fsp3) is 0.474. The summed E-state index contributed by atoms with van der Waals surface area (Å²) in [5, 5.41) is 9.47. The second kappa shape index (κ2) is 8.83. The minimum absolute atomic E-state index is 0.172. The molecule has 150 valence electrons. The number of anilines is 2. The molecule has 0 bridgehead atoms. The van der Waals surface area contributed by atoms with Crippen molar-refractivity contribution >= 4 is 23.3 Å². The molecular weight excluding hydrogens is 362 g/mol. The normalized spacial score (nSPS) is 15.9. The Morgan fingerprint density at radius 3 is 2.54 bits per heavy atom. The van der Waals surface area contributed by atoms with Crippen LogP contribution in [-0.2, 0) is 9.53 Å². The molecule has 9 nitrogen and oxygen atoms in total. The van der Waals surface area contributed by atoms with Crippen molar-refractivity contribution < 1.29 is 18.8 Å². The maximum Gasteiger partial charge on any atom is 0.321 e. The van der Waals surface area contributed by atoms with Gasteiger partial charge >= 0.3 is 6.03 Å². The molecule has 1 saturated heterocycles. The highest BCUT2D eigenvalue weighted by atomic mass is 16.5. The fourth-order valence-electron chi connectivity index (χ4n) is 3.04. The van der Waals surface area contributed by atoms with Gasteiger partial charge in [-0.3, -0.25) is 4.79 Å². The number of carbonyl (C=O) groups excluding carboxylic acids is 2. The van der Waals surface area contributed by atoms with Crippen LogP contribution in [0.2, 0.25) is 0 Å². The SMILES string of the molecule is COC(C)C(=O)Nc1cccc(NC(=O)N2CCC(c3nc(C)no3)CC2)c1. The van der Waals surface area contributed by atoms with Crippen LogP contribution >= 0.6 is 0 Å². The smallest absolute Gasteiger partial charge is 0.321 e. The predicted molar refractivity (Wildman–Crippen MR) is 103 cm³/mol. The minimum atomic E-state index is -0.554. The number of nitrogens with zero attached hydrogens (tertiary/aromatic N) is 3. The first kappa shape index (κ1) is 19.8. The topological polar surface area (TPSA) is 110 Å². The predicted octanol–water partition coefficient (Wildman–Crippen LogP) is 2.76. The minimum Gasteiger partial charge on any atom is -0.372 e. The van der Waals surface area contributed by atoms with Gasteiger partial charge in [0.25, 0.3) is 5.91 Å². The monoisotopic (exact) mass is 387 g/mol. The van der Waals surface area contributed by atoms with Gasteiger partial charge < -0.3 is 24.8 Å². The number of benzene rings is 1. The van der Waals surface area contributed by atoms with Crippen LogP contribution in [-0.4, -0.2) is 53.3 Å². The number of rotatable bonds is 5. The van der Waals surface area contributed by atoms with Crippen LogP contribution in [0.1, 0.15) is 37.4 Å². The average Bonchev–Trinajstić information content (AvgIpc) is 3.14. The van der Waals surface area contributed by atoms with Gasteiger partial charge in [0.05, 0.1) is 0 Å².